The molecule has 6 nitrogen and oxygen atoms in total. The number of hydrogen-bond donors (Lipinski definition) is 0. The fourth-order valence-corrected chi connectivity index (χ4v) is 5.78. The van der Waals surface area contributed by atoms with Gasteiger partial charge in [-0.2, -0.15) is 5.26 Å². The van der Waals surface area contributed by atoms with Gasteiger partial charge in [0.1, 0.15) is 37.9 Å². The van der Waals surface area contributed by atoms with E-state index in [4.69, 9.17) is 30.5 Å². The third-order valence-electron chi connectivity index (χ3n) is 7.84. The monoisotopic (exact) mass is 580 g/mol. The standard InChI is InChI=1S/C35H33ClN2O4/c1-24-28(8-5-9-30(24)27-10-11-32-35(18-27)40-15-14-39-32)23-42-34-19-33(41-22-26-7-4-6-25(16-26)20-37)29(17-31(34)36)21-38-12-2-3-13-38/h4-11,16-19H,2-3,12-15,21-23H2,1H3. The van der Waals surface area contributed by atoms with Gasteiger partial charge in [0.2, 0.25) is 0 Å². The molecule has 0 aliphatic carbocycles. The first-order chi connectivity index (χ1) is 20.6. The molecule has 0 saturated carbocycles. The second-order valence-electron chi connectivity index (χ2n) is 10.7. The van der Waals surface area contributed by atoms with E-state index in [0.717, 1.165) is 70.3 Å². The van der Waals surface area contributed by atoms with Crippen molar-refractivity contribution in [3.63, 3.8) is 0 Å². The van der Waals surface area contributed by atoms with Gasteiger partial charge in [-0.1, -0.05) is 48.0 Å². The lowest BCUT2D eigenvalue weighted by Crippen LogP contribution is -2.19. The van der Waals surface area contributed by atoms with Gasteiger partial charge in [-0.05, 0) is 91.0 Å². The number of rotatable bonds is 9. The molecule has 214 valence electrons. The number of hydrogen-bond acceptors (Lipinski definition) is 6. The van der Waals surface area contributed by atoms with Crippen LogP contribution in [-0.4, -0.2) is 31.2 Å². The Morgan fingerprint density at radius 2 is 1.62 bits per heavy atom. The molecule has 7 heteroatoms. The molecule has 0 spiro atoms. The molecule has 0 atom stereocenters. The van der Waals surface area contributed by atoms with E-state index < -0.39 is 0 Å². The van der Waals surface area contributed by atoms with Gasteiger partial charge in [-0.25, -0.2) is 0 Å². The second kappa shape index (κ2) is 12.8. The molecule has 0 aromatic heterocycles. The highest BCUT2D eigenvalue weighted by Gasteiger charge is 2.19. The first-order valence-corrected chi connectivity index (χ1v) is 14.7. The van der Waals surface area contributed by atoms with E-state index in [-0.39, 0.29) is 0 Å². The maximum Gasteiger partial charge on any atom is 0.161 e. The number of fused-ring (bicyclic) bond motifs is 1. The second-order valence-corrected chi connectivity index (χ2v) is 11.1. The van der Waals surface area contributed by atoms with Gasteiger partial charge in [0.25, 0.3) is 0 Å². The lowest BCUT2D eigenvalue weighted by molar-refractivity contribution is 0.171. The molecule has 2 aliphatic heterocycles. The van der Waals surface area contributed by atoms with Crippen LogP contribution in [0.1, 0.15) is 40.7 Å². The maximum atomic E-state index is 9.28. The largest absolute Gasteiger partial charge is 0.488 e. The topological polar surface area (TPSA) is 64.0 Å². The van der Waals surface area contributed by atoms with Crippen molar-refractivity contribution in [2.45, 2.75) is 39.5 Å². The van der Waals surface area contributed by atoms with Crippen molar-refractivity contribution in [1.29, 1.82) is 5.26 Å². The maximum absolute atomic E-state index is 9.28. The number of nitriles is 1. The average molecular weight is 581 g/mol. The van der Waals surface area contributed by atoms with Crippen LogP contribution < -0.4 is 18.9 Å². The summed E-state index contributed by atoms with van der Waals surface area (Å²) in [4.78, 5) is 2.42. The Bertz CT molecular complexity index is 1620. The summed E-state index contributed by atoms with van der Waals surface area (Å²) in [6.07, 6.45) is 2.41. The highest BCUT2D eigenvalue weighted by atomic mass is 35.5. The first kappa shape index (κ1) is 28.0. The lowest BCUT2D eigenvalue weighted by Gasteiger charge is -2.21. The summed E-state index contributed by atoms with van der Waals surface area (Å²) >= 11 is 6.78. The predicted molar refractivity (Wildman–Crippen MR) is 163 cm³/mol. The van der Waals surface area contributed by atoms with Crippen LogP contribution in [0.5, 0.6) is 23.0 Å². The Morgan fingerprint density at radius 3 is 2.45 bits per heavy atom. The van der Waals surface area contributed by atoms with Crippen molar-refractivity contribution >= 4 is 11.6 Å². The Labute approximate surface area is 252 Å². The van der Waals surface area contributed by atoms with Crippen LogP contribution in [0.25, 0.3) is 11.1 Å². The summed E-state index contributed by atoms with van der Waals surface area (Å²) in [5, 5.41) is 9.84. The SMILES string of the molecule is Cc1c(COc2cc(OCc3cccc(C#N)c3)c(CN3CCCC3)cc2Cl)cccc1-c1ccc2c(c1)OCCO2. The molecule has 0 N–H and O–H groups in total. The molecule has 4 aromatic rings. The van der Waals surface area contributed by atoms with E-state index in [9.17, 15) is 5.26 Å². The van der Waals surface area contributed by atoms with Crippen molar-refractivity contribution in [3.8, 4) is 40.2 Å². The number of benzene rings is 4. The first-order valence-electron chi connectivity index (χ1n) is 14.4. The van der Waals surface area contributed by atoms with E-state index in [1.807, 2.05) is 48.5 Å². The highest BCUT2D eigenvalue weighted by molar-refractivity contribution is 6.32. The van der Waals surface area contributed by atoms with Crippen LogP contribution >= 0.6 is 11.6 Å². The van der Waals surface area contributed by atoms with Gasteiger partial charge < -0.3 is 18.9 Å². The third-order valence-corrected chi connectivity index (χ3v) is 8.14. The average Bonchev–Trinajstić information content (AvgIpc) is 3.54. The quantitative estimate of drug-likeness (QED) is 0.202. The van der Waals surface area contributed by atoms with Gasteiger partial charge in [-0.15, -0.1) is 0 Å². The summed E-state index contributed by atoms with van der Waals surface area (Å²) in [5.74, 6) is 2.87. The van der Waals surface area contributed by atoms with Gasteiger partial charge in [-0.3, -0.25) is 4.90 Å². The summed E-state index contributed by atoms with van der Waals surface area (Å²) in [6.45, 7) is 6.84. The van der Waals surface area contributed by atoms with Crippen LogP contribution in [0.3, 0.4) is 0 Å². The third kappa shape index (κ3) is 6.33. The summed E-state index contributed by atoms with van der Waals surface area (Å²) in [7, 11) is 0. The van der Waals surface area contributed by atoms with Crippen LogP contribution in [0.4, 0.5) is 0 Å². The smallest absolute Gasteiger partial charge is 0.161 e. The molecule has 0 bridgehead atoms. The Kier molecular flexibility index (Phi) is 8.50. The summed E-state index contributed by atoms with van der Waals surface area (Å²) < 4.78 is 24.2. The van der Waals surface area contributed by atoms with Crippen molar-refractivity contribution in [2.75, 3.05) is 26.3 Å². The minimum absolute atomic E-state index is 0.347. The molecule has 2 aliphatic rings. The molecule has 6 rings (SSSR count). The van der Waals surface area contributed by atoms with Crippen LogP contribution in [-0.2, 0) is 19.8 Å². The van der Waals surface area contributed by atoms with Crippen LogP contribution in [0.2, 0.25) is 5.02 Å². The molecule has 0 radical (unpaired) electrons. The lowest BCUT2D eigenvalue weighted by atomic mass is 9.96. The number of ether oxygens (including phenoxy) is 4. The van der Waals surface area contributed by atoms with Crippen LogP contribution in [0.15, 0.2) is 72.8 Å². The fraction of sp³-hybridized carbons (Fsp3) is 0.286. The normalized spacial score (nSPS) is 14.4. The van der Waals surface area contributed by atoms with Gasteiger partial charge in [0, 0.05) is 18.2 Å². The van der Waals surface area contributed by atoms with Gasteiger partial charge in [0.05, 0.1) is 16.7 Å². The number of likely N-dealkylation sites (tertiary alicyclic amines) is 1. The van der Waals surface area contributed by atoms with Crippen molar-refractivity contribution in [2.24, 2.45) is 0 Å². The minimum atomic E-state index is 0.347. The van der Waals surface area contributed by atoms with E-state index in [2.05, 4.69) is 36.1 Å². The van der Waals surface area contributed by atoms with E-state index in [1.54, 1.807) is 6.07 Å². The number of halogens is 1. The molecule has 1 saturated heterocycles. The summed E-state index contributed by atoms with van der Waals surface area (Å²) in [5.41, 5.74) is 6.96. The van der Waals surface area contributed by atoms with Crippen molar-refractivity contribution < 1.29 is 18.9 Å². The Hall–Kier alpha value is -4.18. The molecule has 1 fully saturated rings. The van der Waals surface area contributed by atoms with Gasteiger partial charge in [0.15, 0.2) is 11.5 Å². The highest BCUT2D eigenvalue weighted by Crippen LogP contribution is 2.38. The zero-order valence-electron chi connectivity index (χ0n) is 23.7. The molecular weight excluding hydrogens is 548 g/mol. The van der Waals surface area contributed by atoms with Crippen molar-refractivity contribution in [3.05, 3.63) is 106 Å². The van der Waals surface area contributed by atoms with E-state index in [0.29, 0.717) is 42.8 Å². The van der Waals surface area contributed by atoms with Crippen LogP contribution in [0, 0.1) is 18.3 Å². The molecule has 4 aromatic carbocycles. The molecular formula is C35H33ClN2O4. The number of nitrogens with zero attached hydrogens (tertiary/aromatic N) is 2. The molecule has 42 heavy (non-hydrogen) atoms. The van der Waals surface area contributed by atoms with E-state index >= 15 is 0 Å². The zero-order valence-corrected chi connectivity index (χ0v) is 24.5. The Balaban J connectivity index is 1.23. The summed E-state index contributed by atoms with van der Waals surface area (Å²) in [6, 6.07) is 25.8. The zero-order chi connectivity index (χ0) is 28.9. The van der Waals surface area contributed by atoms with E-state index in [1.165, 1.54) is 12.8 Å². The molecule has 0 unspecified atom stereocenters. The molecule has 2 heterocycles. The minimum Gasteiger partial charge on any atom is -0.488 e. The fourth-order valence-electron chi connectivity index (χ4n) is 5.54. The Morgan fingerprint density at radius 1 is 0.833 bits per heavy atom. The molecule has 0 amide bonds. The van der Waals surface area contributed by atoms with Gasteiger partial charge >= 0.3 is 0 Å². The predicted octanol–water partition coefficient (Wildman–Crippen LogP) is 7.71. The van der Waals surface area contributed by atoms with Crippen molar-refractivity contribution in [1.82, 2.24) is 4.90 Å².